The van der Waals surface area contributed by atoms with Gasteiger partial charge in [0, 0.05) is 20.1 Å². The van der Waals surface area contributed by atoms with E-state index in [1.807, 2.05) is 6.07 Å². The number of aromatic nitrogens is 1. The summed E-state index contributed by atoms with van der Waals surface area (Å²) in [5.41, 5.74) is 0. The number of pyridine rings is 1. The van der Waals surface area contributed by atoms with Gasteiger partial charge in [-0.1, -0.05) is 25.8 Å². The third-order valence-electron chi connectivity index (χ3n) is 3.69. The highest BCUT2D eigenvalue weighted by molar-refractivity contribution is 5.46. The average molecular weight is 247 g/mol. The van der Waals surface area contributed by atoms with Crippen molar-refractivity contribution in [2.24, 2.45) is 5.92 Å². The van der Waals surface area contributed by atoms with Crippen molar-refractivity contribution < 1.29 is 0 Å². The molecule has 0 spiro atoms. The van der Waals surface area contributed by atoms with Gasteiger partial charge in [0.1, 0.15) is 11.6 Å². The maximum Gasteiger partial charge on any atom is 0.130 e. The summed E-state index contributed by atoms with van der Waals surface area (Å²) in [4.78, 5) is 6.97. The summed E-state index contributed by atoms with van der Waals surface area (Å²) >= 11 is 0. The SMILES string of the molecule is CCCNc1cccc(N(C)CC2CCCC2)n1. The second-order valence-electron chi connectivity index (χ2n) is 5.34. The Morgan fingerprint density at radius 3 is 2.83 bits per heavy atom. The molecular weight excluding hydrogens is 222 g/mol. The van der Waals surface area contributed by atoms with E-state index in [1.54, 1.807) is 0 Å². The van der Waals surface area contributed by atoms with Gasteiger partial charge in [0.25, 0.3) is 0 Å². The van der Waals surface area contributed by atoms with Crippen LogP contribution in [0, 0.1) is 5.92 Å². The number of rotatable bonds is 6. The predicted molar refractivity (Wildman–Crippen MR) is 78.2 cm³/mol. The highest BCUT2D eigenvalue weighted by atomic mass is 15.2. The fourth-order valence-electron chi connectivity index (χ4n) is 2.66. The molecule has 100 valence electrons. The monoisotopic (exact) mass is 247 g/mol. The minimum Gasteiger partial charge on any atom is -0.370 e. The first kappa shape index (κ1) is 13.2. The molecule has 0 saturated heterocycles. The fourth-order valence-corrected chi connectivity index (χ4v) is 2.66. The van der Waals surface area contributed by atoms with Gasteiger partial charge in [0.2, 0.25) is 0 Å². The maximum atomic E-state index is 4.67. The standard InChI is InChI=1S/C15H25N3/c1-3-11-16-14-9-6-10-15(17-14)18(2)12-13-7-4-5-8-13/h6,9-10,13H,3-5,7-8,11-12H2,1-2H3,(H,16,17). The molecule has 0 amide bonds. The van der Waals surface area contributed by atoms with Crippen LogP contribution in [0.5, 0.6) is 0 Å². The summed E-state index contributed by atoms with van der Waals surface area (Å²) < 4.78 is 0. The first-order chi connectivity index (χ1) is 8.79. The van der Waals surface area contributed by atoms with E-state index in [9.17, 15) is 0 Å². The van der Waals surface area contributed by atoms with Crippen molar-refractivity contribution in [3.05, 3.63) is 18.2 Å². The van der Waals surface area contributed by atoms with Crippen molar-refractivity contribution in [3.63, 3.8) is 0 Å². The quantitative estimate of drug-likeness (QED) is 0.833. The molecule has 1 fully saturated rings. The third kappa shape index (κ3) is 3.62. The minimum atomic E-state index is 0.865. The van der Waals surface area contributed by atoms with Crippen molar-refractivity contribution in [1.82, 2.24) is 4.98 Å². The van der Waals surface area contributed by atoms with Gasteiger partial charge in [-0.05, 0) is 37.3 Å². The Balaban J connectivity index is 1.93. The van der Waals surface area contributed by atoms with Gasteiger partial charge < -0.3 is 10.2 Å². The van der Waals surface area contributed by atoms with E-state index in [-0.39, 0.29) is 0 Å². The molecule has 1 heterocycles. The third-order valence-corrected chi connectivity index (χ3v) is 3.69. The van der Waals surface area contributed by atoms with Crippen molar-refractivity contribution in [2.75, 3.05) is 30.4 Å². The Kier molecular flexibility index (Phi) is 4.85. The lowest BCUT2D eigenvalue weighted by atomic mass is 10.1. The topological polar surface area (TPSA) is 28.2 Å². The maximum absolute atomic E-state index is 4.67. The Morgan fingerprint density at radius 1 is 1.33 bits per heavy atom. The molecule has 1 aromatic rings. The molecule has 1 aliphatic rings. The van der Waals surface area contributed by atoms with E-state index in [0.29, 0.717) is 0 Å². The van der Waals surface area contributed by atoms with Gasteiger partial charge in [-0.15, -0.1) is 0 Å². The zero-order valence-electron chi connectivity index (χ0n) is 11.7. The number of anilines is 2. The summed E-state index contributed by atoms with van der Waals surface area (Å²) in [7, 11) is 2.16. The average Bonchev–Trinajstić information content (AvgIpc) is 2.89. The number of nitrogens with zero attached hydrogens (tertiary/aromatic N) is 2. The molecular formula is C15H25N3. The van der Waals surface area contributed by atoms with Crippen molar-refractivity contribution in [2.45, 2.75) is 39.0 Å². The molecule has 0 aromatic carbocycles. The highest BCUT2D eigenvalue weighted by Gasteiger charge is 2.17. The smallest absolute Gasteiger partial charge is 0.130 e. The van der Waals surface area contributed by atoms with E-state index in [0.717, 1.165) is 37.1 Å². The Morgan fingerprint density at radius 2 is 2.11 bits per heavy atom. The lowest BCUT2D eigenvalue weighted by Gasteiger charge is -2.22. The molecule has 18 heavy (non-hydrogen) atoms. The molecule has 3 heteroatoms. The van der Waals surface area contributed by atoms with Gasteiger partial charge >= 0.3 is 0 Å². The molecule has 1 aliphatic carbocycles. The molecule has 1 aromatic heterocycles. The van der Waals surface area contributed by atoms with Gasteiger partial charge in [-0.2, -0.15) is 0 Å². The minimum absolute atomic E-state index is 0.865. The molecule has 0 bridgehead atoms. The van der Waals surface area contributed by atoms with Crippen LogP contribution in [-0.2, 0) is 0 Å². The van der Waals surface area contributed by atoms with Crippen LogP contribution in [-0.4, -0.2) is 25.1 Å². The molecule has 0 unspecified atom stereocenters. The van der Waals surface area contributed by atoms with E-state index in [1.165, 1.54) is 25.7 Å². The predicted octanol–water partition coefficient (Wildman–Crippen LogP) is 3.53. The molecule has 2 rings (SSSR count). The second-order valence-corrected chi connectivity index (χ2v) is 5.34. The Hall–Kier alpha value is -1.25. The van der Waals surface area contributed by atoms with Crippen LogP contribution in [0.25, 0.3) is 0 Å². The molecule has 1 N–H and O–H groups in total. The zero-order chi connectivity index (χ0) is 12.8. The first-order valence-electron chi connectivity index (χ1n) is 7.21. The van der Waals surface area contributed by atoms with Crippen LogP contribution in [0.15, 0.2) is 18.2 Å². The Bertz CT molecular complexity index is 359. The summed E-state index contributed by atoms with van der Waals surface area (Å²) in [6.07, 6.45) is 6.72. The van der Waals surface area contributed by atoms with Crippen LogP contribution < -0.4 is 10.2 Å². The first-order valence-corrected chi connectivity index (χ1v) is 7.21. The van der Waals surface area contributed by atoms with Crippen LogP contribution >= 0.6 is 0 Å². The van der Waals surface area contributed by atoms with Crippen LogP contribution in [0.3, 0.4) is 0 Å². The van der Waals surface area contributed by atoms with Crippen LogP contribution in [0.4, 0.5) is 11.6 Å². The van der Waals surface area contributed by atoms with Crippen molar-refractivity contribution in [1.29, 1.82) is 0 Å². The summed E-state index contributed by atoms with van der Waals surface area (Å²) in [6.45, 7) is 4.30. The van der Waals surface area contributed by atoms with Gasteiger partial charge in [-0.25, -0.2) is 4.98 Å². The van der Waals surface area contributed by atoms with E-state index in [4.69, 9.17) is 0 Å². The second kappa shape index (κ2) is 6.62. The molecule has 0 radical (unpaired) electrons. The van der Waals surface area contributed by atoms with Gasteiger partial charge in [-0.3, -0.25) is 0 Å². The molecule has 1 saturated carbocycles. The summed E-state index contributed by atoms with van der Waals surface area (Å²) in [5.74, 6) is 2.94. The molecule has 0 aliphatic heterocycles. The zero-order valence-corrected chi connectivity index (χ0v) is 11.7. The van der Waals surface area contributed by atoms with Crippen molar-refractivity contribution >= 4 is 11.6 Å². The van der Waals surface area contributed by atoms with Crippen LogP contribution in [0.1, 0.15) is 39.0 Å². The Labute approximate surface area is 111 Å². The number of hydrogen-bond acceptors (Lipinski definition) is 3. The van der Waals surface area contributed by atoms with Crippen LogP contribution in [0.2, 0.25) is 0 Å². The summed E-state index contributed by atoms with van der Waals surface area (Å²) in [6, 6.07) is 6.24. The van der Waals surface area contributed by atoms with Gasteiger partial charge in [0.15, 0.2) is 0 Å². The highest BCUT2D eigenvalue weighted by Crippen LogP contribution is 2.26. The summed E-state index contributed by atoms with van der Waals surface area (Å²) in [5, 5.41) is 3.35. The molecule has 0 atom stereocenters. The number of hydrogen-bond donors (Lipinski definition) is 1. The van der Waals surface area contributed by atoms with Gasteiger partial charge in [0.05, 0.1) is 0 Å². The normalized spacial score (nSPS) is 15.9. The van der Waals surface area contributed by atoms with Crippen molar-refractivity contribution in [3.8, 4) is 0 Å². The largest absolute Gasteiger partial charge is 0.370 e. The lowest BCUT2D eigenvalue weighted by Crippen LogP contribution is -2.25. The van der Waals surface area contributed by atoms with E-state index < -0.39 is 0 Å². The number of nitrogens with one attached hydrogen (secondary N) is 1. The van der Waals surface area contributed by atoms with E-state index in [2.05, 4.69) is 41.3 Å². The molecule has 3 nitrogen and oxygen atoms in total. The van der Waals surface area contributed by atoms with E-state index >= 15 is 0 Å². The lowest BCUT2D eigenvalue weighted by molar-refractivity contribution is 0.545. The fraction of sp³-hybridized carbons (Fsp3) is 0.667.